The van der Waals surface area contributed by atoms with Crippen molar-refractivity contribution in [3.05, 3.63) is 35.4 Å². The Hall–Kier alpha value is -1.86. The van der Waals surface area contributed by atoms with Crippen LogP contribution in [0, 0.1) is 17.2 Å². The second-order valence-electron chi connectivity index (χ2n) is 4.13. The molecule has 4 heteroatoms. The maximum absolute atomic E-state index is 11.6. The minimum atomic E-state index is -0.177. The molecule has 0 saturated carbocycles. The molecule has 1 fully saturated rings. The SMILES string of the molecule is COC(=O)[C@@H]1CNC[C@H]1c1ccc(C#N)cc1.[HH]. The molecule has 17 heavy (non-hydrogen) atoms. The number of esters is 1. The summed E-state index contributed by atoms with van der Waals surface area (Å²) in [5.41, 5.74) is 1.71. The van der Waals surface area contributed by atoms with Gasteiger partial charge in [-0.3, -0.25) is 4.79 Å². The Morgan fingerprint density at radius 2 is 2.18 bits per heavy atom. The quantitative estimate of drug-likeness (QED) is 0.780. The number of hydrogen-bond acceptors (Lipinski definition) is 4. The van der Waals surface area contributed by atoms with Gasteiger partial charge in [-0.25, -0.2) is 0 Å². The number of hydrogen-bond donors (Lipinski definition) is 1. The van der Waals surface area contributed by atoms with E-state index < -0.39 is 0 Å². The summed E-state index contributed by atoms with van der Waals surface area (Å²) in [5.74, 6) is -0.174. The normalized spacial score (nSPS) is 23.1. The second kappa shape index (κ2) is 4.98. The van der Waals surface area contributed by atoms with Crippen molar-refractivity contribution in [3.63, 3.8) is 0 Å². The average Bonchev–Trinajstić information content (AvgIpc) is 2.87. The number of methoxy groups -OCH3 is 1. The van der Waals surface area contributed by atoms with Gasteiger partial charge in [0.05, 0.1) is 24.7 Å². The van der Waals surface area contributed by atoms with Gasteiger partial charge >= 0.3 is 5.97 Å². The Labute approximate surface area is 102 Å². The van der Waals surface area contributed by atoms with Crippen LogP contribution in [0.5, 0.6) is 0 Å². The Balaban J connectivity index is 0.00000162. The van der Waals surface area contributed by atoms with E-state index in [0.29, 0.717) is 12.1 Å². The van der Waals surface area contributed by atoms with Gasteiger partial charge in [-0.1, -0.05) is 12.1 Å². The predicted molar refractivity (Wildman–Crippen MR) is 64.4 cm³/mol. The number of carbonyl (C=O) groups excluding carboxylic acids is 1. The molecule has 1 aliphatic heterocycles. The zero-order valence-electron chi connectivity index (χ0n) is 9.64. The summed E-state index contributed by atoms with van der Waals surface area (Å²) in [4.78, 5) is 11.6. The minimum Gasteiger partial charge on any atom is -0.469 e. The third-order valence-electron chi connectivity index (χ3n) is 3.19. The lowest BCUT2D eigenvalue weighted by atomic mass is 9.88. The molecule has 0 unspecified atom stereocenters. The minimum absolute atomic E-state index is 0. The molecule has 1 aromatic carbocycles. The first-order chi connectivity index (χ1) is 8.26. The molecule has 0 aliphatic carbocycles. The van der Waals surface area contributed by atoms with Crippen molar-refractivity contribution in [2.45, 2.75) is 5.92 Å². The van der Waals surface area contributed by atoms with Crippen molar-refractivity contribution in [2.24, 2.45) is 5.92 Å². The van der Waals surface area contributed by atoms with Crippen LogP contribution in [0.1, 0.15) is 18.5 Å². The molecule has 0 amide bonds. The standard InChI is InChI=1S/C13H14N2O2.H2/c1-17-13(16)12-8-15-7-11(12)10-4-2-9(6-14)3-5-10;/h2-5,11-12,15H,7-8H2,1H3;1H/t11-,12+;/m0./s1. The zero-order valence-corrected chi connectivity index (χ0v) is 9.64. The van der Waals surface area contributed by atoms with Gasteiger partial charge in [0.1, 0.15) is 0 Å². The average molecular weight is 232 g/mol. The van der Waals surface area contributed by atoms with Gasteiger partial charge in [-0.05, 0) is 17.7 Å². The van der Waals surface area contributed by atoms with Crippen molar-refractivity contribution >= 4 is 5.97 Å². The number of nitrogens with zero attached hydrogens (tertiary/aromatic N) is 1. The number of benzene rings is 1. The Morgan fingerprint density at radius 1 is 1.47 bits per heavy atom. The van der Waals surface area contributed by atoms with Gasteiger partial charge in [0.15, 0.2) is 0 Å². The molecule has 2 rings (SSSR count). The summed E-state index contributed by atoms with van der Waals surface area (Å²) in [6.07, 6.45) is 0. The van der Waals surface area contributed by atoms with Crippen molar-refractivity contribution in [1.82, 2.24) is 5.32 Å². The molecule has 1 N–H and O–H groups in total. The second-order valence-corrected chi connectivity index (χ2v) is 4.13. The molecule has 0 aromatic heterocycles. The number of rotatable bonds is 2. The molecule has 0 bridgehead atoms. The van der Waals surface area contributed by atoms with Gasteiger partial charge in [0, 0.05) is 20.4 Å². The highest BCUT2D eigenvalue weighted by Crippen LogP contribution is 2.29. The summed E-state index contributed by atoms with van der Waals surface area (Å²) in [7, 11) is 1.41. The maximum Gasteiger partial charge on any atom is 0.310 e. The fourth-order valence-corrected chi connectivity index (χ4v) is 2.23. The summed E-state index contributed by atoms with van der Waals surface area (Å²) in [5, 5.41) is 11.9. The fourth-order valence-electron chi connectivity index (χ4n) is 2.23. The smallest absolute Gasteiger partial charge is 0.310 e. The predicted octanol–water partition coefficient (Wildman–Crippen LogP) is 1.28. The molecule has 1 aliphatic rings. The van der Waals surface area contributed by atoms with Crippen LogP contribution >= 0.6 is 0 Å². The summed E-state index contributed by atoms with van der Waals surface area (Å²) < 4.78 is 4.80. The van der Waals surface area contributed by atoms with Crippen LogP contribution in [0.25, 0.3) is 0 Å². The Morgan fingerprint density at radius 3 is 2.76 bits per heavy atom. The van der Waals surface area contributed by atoms with Crippen molar-refractivity contribution < 1.29 is 11.0 Å². The van der Waals surface area contributed by atoms with Gasteiger partial charge in [0.25, 0.3) is 0 Å². The van der Waals surface area contributed by atoms with E-state index in [1.807, 2.05) is 12.1 Å². The van der Waals surface area contributed by atoms with E-state index in [-0.39, 0.29) is 19.2 Å². The number of carbonyl (C=O) groups is 1. The molecule has 0 radical (unpaired) electrons. The Kier molecular flexibility index (Phi) is 3.40. The molecule has 90 valence electrons. The van der Waals surface area contributed by atoms with E-state index in [1.165, 1.54) is 7.11 Å². The highest BCUT2D eigenvalue weighted by Gasteiger charge is 2.34. The molecule has 1 aromatic rings. The first-order valence-electron chi connectivity index (χ1n) is 5.55. The van der Waals surface area contributed by atoms with E-state index in [9.17, 15) is 4.79 Å². The monoisotopic (exact) mass is 232 g/mol. The van der Waals surface area contributed by atoms with E-state index in [2.05, 4.69) is 11.4 Å². The lowest BCUT2D eigenvalue weighted by molar-refractivity contribution is -0.145. The number of nitriles is 1. The molecule has 1 saturated heterocycles. The first-order valence-corrected chi connectivity index (χ1v) is 5.55. The van der Waals surface area contributed by atoms with Crippen LogP contribution in [-0.4, -0.2) is 26.2 Å². The molecular weight excluding hydrogens is 216 g/mol. The number of ether oxygens (including phenoxy) is 1. The topological polar surface area (TPSA) is 62.1 Å². The van der Waals surface area contributed by atoms with Gasteiger partial charge in [-0.15, -0.1) is 0 Å². The van der Waals surface area contributed by atoms with Crippen LogP contribution in [-0.2, 0) is 9.53 Å². The van der Waals surface area contributed by atoms with Crippen LogP contribution in [0.4, 0.5) is 0 Å². The number of nitrogens with one attached hydrogen (secondary N) is 1. The summed E-state index contributed by atoms with van der Waals surface area (Å²) >= 11 is 0. The van der Waals surface area contributed by atoms with E-state index in [0.717, 1.165) is 12.1 Å². The van der Waals surface area contributed by atoms with Gasteiger partial charge in [-0.2, -0.15) is 5.26 Å². The molecule has 2 atom stereocenters. The molecular formula is C13H16N2O2. The van der Waals surface area contributed by atoms with E-state index >= 15 is 0 Å². The third kappa shape index (κ3) is 2.29. The fraction of sp³-hybridized carbons (Fsp3) is 0.385. The van der Waals surface area contributed by atoms with Crippen molar-refractivity contribution in [3.8, 4) is 6.07 Å². The van der Waals surface area contributed by atoms with Gasteiger partial charge < -0.3 is 10.1 Å². The maximum atomic E-state index is 11.6. The lowest BCUT2D eigenvalue weighted by Gasteiger charge is -2.16. The Bertz CT molecular complexity index is 453. The summed E-state index contributed by atoms with van der Waals surface area (Å²) in [6, 6.07) is 9.46. The van der Waals surface area contributed by atoms with Crippen LogP contribution in [0.2, 0.25) is 0 Å². The highest BCUT2D eigenvalue weighted by molar-refractivity contribution is 5.74. The van der Waals surface area contributed by atoms with E-state index in [1.54, 1.807) is 12.1 Å². The lowest BCUT2D eigenvalue weighted by Crippen LogP contribution is -2.22. The van der Waals surface area contributed by atoms with Crippen molar-refractivity contribution in [2.75, 3.05) is 20.2 Å². The van der Waals surface area contributed by atoms with Crippen LogP contribution in [0.3, 0.4) is 0 Å². The van der Waals surface area contributed by atoms with Gasteiger partial charge in [0.2, 0.25) is 0 Å². The summed E-state index contributed by atoms with van der Waals surface area (Å²) in [6.45, 7) is 1.42. The van der Waals surface area contributed by atoms with Crippen LogP contribution < -0.4 is 5.32 Å². The van der Waals surface area contributed by atoms with E-state index in [4.69, 9.17) is 10.00 Å². The molecule has 1 heterocycles. The van der Waals surface area contributed by atoms with Crippen molar-refractivity contribution in [1.29, 1.82) is 5.26 Å². The largest absolute Gasteiger partial charge is 0.469 e. The highest BCUT2D eigenvalue weighted by atomic mass is 16.5. The van der Waals surface area contributed by atoms with Crippen LogP contribution in [0.15, 0.2) is 24.3 Å². The third-order valence-corrected chi connectivity index (χ3v) is 3.19. The zero-order chi connectivity index (χ0) is 12.3. The molecule has 0 spiro atoms. The molecule has 4 nitrogen and oxygen atoms in total. The first kappa shape index (κ1) is 11.6.